The third-order valence-corrected chi connectivity index (χ3v) is 2.76. The summed E-state index contributed by atoms with van der Waals surface area (Å²) >= 11 is 0. The van der Waals surface area contributed by atoms with Crippen LogP contribution in [0, 0.1) is 5.92 Å². The lowest BCUT2D eigenvalue weighted by molar-refractivity contribution is 0.189. The number of rotatable bonds is 5. The van der Waals surface area contributed by atoms with Gasteiger partial charge in [0.1, 0.15) is 0 Å². The number of nitrogens with two attached hydrogens (primary N) is 1. The first-order chi connectivity index (χ1) is 7.50. The molecule has 2 N–H and O–H groups in total. The first-order valence-electron chi connectivity index (χ1n) is 6.08. The fourth-order valence-electron chi connectivity index (χ4n) is 1.82. The molecule has 0 heterocycles. The minimum atomic E-state index is 0.557. The van der Waals surface area contributed by atoms with Crippen LogP contribution < -0.4 is 5.73 Å². The summed E-state index contributed by atoms with van der Waals surface area (Å²) in [5, 5.41) is 0. The van der Waals surface area contributed by atoms with Gasteiger partial charge in [0.2, 0.25) is 0 Å². The zero-order valence-electron chi connectivity index (χ0n) is 10.9. The summed E-state index contributed by atoms with van der Waals surface area (Å²) in [6.45, 7) is 11.0. The Bertz CT molecular complexity index is 318. The van der Waals surface area contributed by atoms with Crippen molar-refractivity contribution in [2.24, 2.45) is 5.92 Å². The van der Waals surface area contributed by atoms with Gasteiger partial charge in [-0.05, 0) is 31.4 Å². The quantitative estimate of drug-likeness (QED) is 0.772. The van der Waals surface area contributed by atoms with Crippen molar-refractivity contribution in [2.45, 2.75) is 40.3 Å². The van der Waals surface area contributed by atoms with E-state index in [0.717, 1.165) is 18.8 Å². The summed E-state index contributed by atoms with van der Waals surface area (Å²) in [5.41, 5.74) is 8.11. The van der Waals surface area contributed by atoms with E-state index in [1.165, 1.54) is 5.56 Å². The predicted molar refractivity (Wildman–Crippen MR) is 71.2 cm³/mol. The van der Waals surface area contributed by atoms with Crippen LogP contribution in [-0.4, -0.2) is 17.5 Å². The van der Waals surface area contributed by atoms with Crippen molar-refractivity contribution in [3.05, 3.63) is 29.8 Å². The molecule has 0 spiro atoms. The average Bonchev–Trinajstić information content (AvgIpc) is 2.19. The van der Waals surface area contributed by atoms with Gasteiger partial charge in [-0.15, -0.1) is 0 Å². The Hall–Kier alpha value is -1.02. The van der Waals surface area contributed by atoms with Crippen LogP contribution in [-0.2, 0) is 6.54 Å². The molecule has 0 fully saturated rings. The van der Waals surface area contributed by atoms with Crippen LogP contribution >= 0.6 is 0 Å². The van der Waals surface area contributed by atoms with Crippen molar-refractivity contribution in [3.63, 3.8) is 0 Å². The Kier molecular flexibility index (Phi) is 4.81. The minimum Gasteiger partial charge on any atom is -0.398 e. The number of nitrogens with zero attached hydrogens (tertiary/aromatic N) is 1. The average molecular weight is 220 g/mol. The third-order valence-electron chi connectivity index (χ3n) is 2.76. The van der Waals surface area contributed by atoms with Crippen LogP contribution in [0.1, 0.15) is 33.3 Å². The number of hydrogen-bond donors (Lipinski definition) is 1. The van der Waals surface area contributed by atoms with Gasteiger partial charge in [0.05, 0.1) is 0 Å². The summed E-state index contributed by atoms with van der Waals surface area (Å²) in [6, 6.07) is 8.69. The summed E-state index contributed by atoms with van der Waals surface area (Å²) < 4.78 is 0. The van der Waals surface area contributed by atoms with E-state index >= 15 is 0 Å². The highest BCUT2D eigenvalue weighted by Gasteiger charge is 2.12. The van der Waals surface area contributed by atoms with E-state index in [4.69, 9.17) is 5.73 Å². The molecule has 2 nitrogen and oxygen atoms in total. The molecule has 1 rings (SSSR count). The molecule has 2 heteroatoms. The molecular weight excluding hydrogens is 196 g/mol. The van der Waals surface area contributed by atoms with Gasteiger partial charge in [0.25, 0.3) is 0 Å². The molecule has 0 unspecified atom stereocenters. The Balaban J connectivity index is 2.72. The summed E-state index contributed by atoms with van der Waals surface area (Å²) in [6.07, 6.45) is 0. The van der Waals surface area contributed by atoms with Gasteiger partial charge in [-0.1, -0.05) is 32.0 Å². The maximum absolute atomic E-state index is 5.97. The molecule has 1 aromatic carbocycles. The highest BCUT2D eigenvalue weighted by Crippen LogP contribution is 2.16. The molecule has 16 heavy (non-hydrogen) atoms. The van der Waals surface area contributed by atoms with Gasteiger partial charge >= 0.3 is 0 Å². The summed E-state index contributed by atoms with van der Waals surface area (Å²) in [4.78, 5) is 2.47. The molecular formula is C14H24N2. The second kappa shape index (κ2) is 5.90. The Morgan fingerprint density at radius 1 is 1.12 bits per heavy atom. The second-order valence-corrected chi connectivity index (χ2v) is 5.12. The van der Waals surface area contributed by atoms with Gasteiger partial charge < -0.3 is 5.73 Å². The van der Waals surface area contributed by atoms with Gasteiger partial charge in [-0.3, -0.25) is 4.90 Å². The van der Waals surface area contributed by atoms with E-state index in [1.54, 1.807) is 0 Å². The lowest BCUT2D eigenvalue weighted by Crippen LogP contribution is -2.33. The Labute approximate surface area is 99.5 Å². The van der Waals surface area contributed by atoms with E-state index in [-0.39, 0.29) is 0 Å². The lowest BCUT2D eigenvalue weighted by Gasteiger charge is -2.28. The SMILES string of the molecule is CC(C)CN(Cc1ccccc1N)C(C)C. The van der Waals surface area contributed by atoms with E-state index in [0.29, 0.717) is 12.0 Å². The van der Waals surface area contributed by atoms with Crippen molar-refractivity contribution < 1.29 is 0 Å². The molecule has 0 saturated heterocycles. The van der Waals surface area contributed by atoms with Crippen LogP contribution in [0.2, 0.25) is 0 Å². The zero-order chi connectivity index (χ0) is 12.1. The molecule has 1 aromatic rings. The fourth-order valence-corrected chi connectivity index (χ4v) is 1.82. The van der Waals surface area contributed by atoms with Crippen LogP contribution in [0.3, 0.4) is 0 Å². The molecule has 90 valence electrons. The van der Waals surface area contributed by atoms with E-state index in [1.807, 2.05) is 12.1 Å². The number of hydrogen-bond acceptors (Lipinski definition) is 2. The largest absolute Gasteiger partial charge is 0.398 e. The standard InChI is InChI=1S/C14H24N2/c1-11(2)9-16(12(3)4)10-13-7-5-6-8-14(13)15/h5-8,11-12H,9-10,15H2,1-4H3. The molecule has 0 amide bonds. The Morgan fingerprint density at radius 2 is 1.75 bits per heavy atom. The lowest BCUT2D eigenvalue weighted by atomic mass is 10.1. The highest BCUT2D eigenvalue weighted by atomic mass is 15.1. The molecule has 0 bridgehead atoms. The van der Waals surface area contributed by atoms with Crippen molar-refractivity contribution >= 4 is 5.69 Å². The van der Waals surface area contributed by atoms with Crippen LogP contribution in [0.15, 0.2) is 24.3 Å². The first kappa shape index (κ1) is 13.0. The second-order valence-electron chi connectivity index (χ2n) is 5.12. The maximum atomic E-state index is 5.97. The number of anilines is 1. The maximum Gasteiger partial charge on any atom is 0.0359 e. The molecule has 0 aliphatic carbocycles. The van der Waals surface area contributed by atoms with E-state index in [9.17, 15) is 0 Å². The van der Waals surface area contributed by atoms with Crippen LogP contribution in [0.5, 0.6) is 0 Å². The monoisotopic (exact) mass is 220 g/mol. The third kappa shape index (κ3) is 3.86. The predicted octanol–water partition coefficient (Wildman–Crippen LogP) is 3.14. The normalized spacial score (nSPS) is 11.7. The molecule has 0 aliphatic rings. The number of nitrogen functional groups attached to an aromatic ring is 1. The highest BCUT2D eigenvalue weighted by molar-refractivity contribution is 5.46. The van der Waals surface area contributed by atoms with Crippen molar-refractivity contribution in [1.29, 1.82) is 0 Å². The smallest absolute Gasteiger partial charge is 0.0359 e. The first-order valence-corrected chi connectivity index (χ1v) is 6.08. The van der Waals surface area contributed by atoms with Crippen LogP contribution in [0.25, 0.3) is 0 Å². The zero-order valence-corrected chi connectivity index (χ0v) is 10.9. The molecule has 0 saturated carbocycles. The fraction of sp³-hybridized carbons (Fsp3) is 0.571. The van der Waals surface area contributed by atoms with Gasteiger partial charge in [0.15, 0.2) is 0 Å². The topological polar surface area (TPSA) is 29.3 Å². The molecule has 0 atom stereocenters. The molecule has 0 aromatic heterocycles. The van der Waals surface area contributed by atoms with Gasteiger partial charge in [0, 0.05) is 24.8 Å². The van der Waals surface area contributed by atoms with Gasteiger partial charge in [-0.25, -0.2) is 0 Å². The Morgan fingerprint density at radius 3 is 2.25 bits per heavy atom. The van der Waals surface area contributed by atoms with E-state index < -0.39 is 0 Å². The minimum absolute atomic E-state index is 0.557. The van der Waals surface area contributed by atoms with Crippen molar-refractivity contribution in [1.82, 2.24) is 4.90 Å². The molecule has 0 aliphatic heterocycles. The molecule has 0 radical (unpaired) electrons. The van der Waals surface area contributed by atoms with E-state index in [2.05, 4.69) is 44.7 Å². The van der Waals surface area contributed by atoms with Crippen molar-refractivity contribution in [2.75, 3.05) is 12.3 Å². The summed E-state index contributed by atoms with van der Waals surface area (Å²) in [5.74, 6) is 0.687. The number of benzene rings is 1. The number of para-hydroxylation sites is 1. The van der Waals surface area contributed by atoms with Gasteiger partial charge in [-0.2, -0.15) is 0 Å². The van der Waals surface area contributed by atoms with Crippen LogP contribution in [0.4, 0.5) is 5.69 Å². The summed E-state index contributed by atoms with van der Waals surface area (Å²) in [7, 11) is 0. The van der Waals surface area contributed by atoms with Crippen molar-refractivity contribution in [3.8, 4) is 0 Å².